The van der Waals surface area contributed by atoms with Gasteiger partial charge in [-0.2, -0.15) is 13.2 Å². The molecule has 0 amide bonds. The topological polar surface area (TPSA) is 147 Å². The average Bonchev–Trinajstić information content (AvgIpc) is 2.83. The second kappa shape index (κ2) is 15.3. The summed E-state index contributed by atoms with van der Waals surface area (Å²) >= 11 is 0. The number of aromatic nitrogens is 2. The van der Waals surface area contributed by atoms with E-state index in [1.165, 1.54) is 33.0 Å². The maximum atomic E-state index is 11.3. The number of benzene rings is 1. The predicted octanol–water partition coefficient (Wildman–Crippen LogP) is 2.77. The number of nitrogens with zero attached hydrogens (tertiary/aromatic N) is 2. The van der Waals surface area contributed by atoms with E-state index in [1.54, 1.807) is 0 Å². The molecule has 1 radical (unpaired) electrons. The van der Waals surface area contributed by atoms with Gasteiger partial charge in [-0.25, -0.2) is 0 Å². The number of ketones is 2. The number of fused-ring (bicyclic) bond motifs is 3. The molecular formula is C25H32EuF3N3O5. The van der Waals surface area contributed by atoms with Crippen molar-refractivity contribution >= 4 is 33.4 Å². The Morgan fingerprint density at radius 1 is 0.838 bits per heavy atom. The molecule has 0 spiro atoms. The second-order valence-corrected chi connectivity index (χ2v) is 8.63. The quantitative estimate of drug-likeness (QED) is 0.241. The van der Waals surface area contributed by atoms with Crippen LogP contribution in [-0.4, -0.2) is 68.4 Å². The van der Waals surface area contributed by atoms with Crippen LogP contribution < -0.4 is 5.73 Å². The molecule has 0 fully saturated rings. The average molecular weight is 664 g/mol. The van der Waals surface area contributed by atoms with E-state index in [1.807, 2.05) is 12.4 Å². The summed E-state index contributed by atoms with van der Waals surface area (Å²) in [5, 5.41) is 27.4. The normalized spacial score (nSPS) is 11.1. The molecule has 0 unspecified atom stereocenters. The zero-order chi connectivity index (χ0) is 27.8. The van der Waals surface area contributed by atoms with Crippen LogP contribution in [-0.2, 0) is 9.59 Å². The largest absolute Gasteiger partial charge is 0.450 e. The fourth-order valence-electron chi connectivity index (χ4n) is 2.86. The van der Waals surface area contributed by atoms with Crippen LogP contribution in [0.5, 0.6) is 0 Å². The van der Waals surface area contributed by atoms with E-state index < -0.39 is 49.5 Å². The maximum Gasteiger partial charge on any atom is 0.450 e. The first-order chi connectivity index (χ1) is 16.6. The molecule has 2 heterocycles. The van der Waals surface area contributed by atoms with Gasteiger partial charge >= 0.3 is 6.18 Å². The summed E-state index contributed by atoms with van der Waals surface area (Å²) in [6, 6.07) is 4.34. The molecule has 5 N–H and O–H groups in total. The third-order valence-electron chi connectivity index (χ3n) is 5.59. The van der Waals surface area contributed by atoms with Gasteiger partial charge in [0.2, 0.25) is 5.78 Å². The summed E-state index contributed by atoms with van der Waals surface area (Å²) in [6.07, 6.45) is -2.04. The first-order valence-corrected chi connectivity index (χ1v) is 10.9. The van der Waals surface area contributed by atoms with Gasteiger partial charge in [0, 0.05) is 72.5 Å². The molecule has 0 aliphatic carbocycles. The predicted molar refractivity (Wildman–Crippen MR) is 131 cm³/mol. The van der Waals surface area contributed by atoms with Crippen LogP contribution in [0.2, 0.25) is 0 Å². The molecule has 0 bridgehead atoms. The monoisotopic (exact) mass is 664 g/mol. The van der Waals surface area contributed by atoms with Gasteiger partial charge in [0.05, 0.1) is 42.8 Å². The SMILES string of the molecule is CC(=O)CC(=O)C(F)(F)F.Cc1cnc2c(ccc3c(C)c(C)cnc32)c1C.NC(CO)(CO)CO.[Eu]. The Hall–Kier alpha value is -1.41. The van der Waals surface area contributed by atoms with Gasteiger partial charge in [-0.1, -0.05) is 12.1 Å². The van der Waals surface area contributed by atoms with E-state index in [4.69, 9.17) is 21.1 Å². The number of pyridine rings is 2. The zero-order valence-corrected chi connectivity index (χ0v) is 23.7. The van der Waals surface area contributed by atoms with Gasteiger partial charge in [-0.15, -0.1) is 0 Å². The minimum Gasteiger partial charge on any atom is -0.394 e. The molecule has 3 aromatic rings. The Bertz CT molecular complexity index is 1160. The number of rotatable bonds is 5. The summed E-state index contributed by atoms with van der Waals surface area (Å²) in [5.41, 5.74) is 11.0. The summed E-state index contributed by atoms with van der Waals surface area (Å²) < 4.78 is 33.9. The smallest absolute Gasteiger partial charge is 0.394 e. The molecule has 3 rings (SSSR count). The number of halogens is 3. The van der Waals surface area contributed by atoms with Crippen molar-refractivity contribution in [2.75, 3.05) is 19.8 Å². The summed E-state index contributed by atoms with van der Waals surface area (Å²) in [7, 11) is 0. The molecule has 0 aliphatic heterocycles. The van der Waals surface area contributed by atoms with Gasteiger partial charge in [0.25, 0.3) is 0 Å². The molecule has 0 atom stereocenters. The Morgan fingerprint density at radius 2 is 1.19 bits per heavy atom. The number of hydrogen-bond acceptors (Lipinski definition) is 8. The van der Waals surface area contributed by atoms with Gasteiger partial charge in [-0.3, -0.25) is 19.6 Å². The van der Waals surface area contributed by atoms with Gasteiger partial charge < -0.3 is 21.1 Å². The number of hydrogen-bond donors (Lipinski definition) is 4. The number of aliphatic hydroxyl groups is 3. The van der Waals surface area contributed by atoms with Crippen molar-refractivity contribution in [3.63, 3.8) is 0 Å². The molecular weight excluding hydrogens is 631 g/mol. The van der Waals surface area contributed by atoms with Crippen molar-refractivity contribution in [1.29, 1.82) is 0 Å². The van der Waals surface area contributed by atoms with Crippen molar-refractivity contribution in [2.45, 2.75) is 52.8 Å². The van der Waals surface area contributed by atoms with Crippen LogP contribution in [0.25, 0.3) is 21.8 Å². The molecule has 0 saturated heterocycles. The minimum atomic E-state index is -4.87. The van der Waals surface area contributed by atoms with Crippen LogP contribution in [0.15, 0.2) is 24.5 Å². The molecule has 37 heavy (non-hydrogen) atoms. The second-order valence-electron chi connectivity index (χ2n) is 8.63. The number of aryl methyl sites for hydroxylation is 4. The summed E-state index contributed by atoms with van der Waals surface area (Å²) in [5.74, 6) is -2.76. The number of Topliss-reactive ketones (excluding diaryl/α,β-unsaturated/α-hetero) is 2. The van der Waals surface area contributed by atoms with E-state index >= 15 is 0 Å². The van der Waals surface area contributed by atoms with E-state index in [9.17, 15) is 22.8 Å². The maximum absolute atomic E-state index is 11.3. The van der Waals surface area contributed by atoms with Gasteiger partial charge in [0.15, 0.2) is 0 Å². The number of alkyl halides is 3. The molecule has 0 aliphatic rings. The van der Waals surface area contributed by atoms with E-state index in [0.29, 0.717) is 0 Å². The number of carbonyl (C=O) groups excluding carboxylic acids is 2. The first-order valence-electron chi connectivity index (χ1n) is 10.9. The van der Waals surface area contributed by atoms with E-state index in [-0.39, 0.29) is 49.4 Å². The Morgan fingerprint density at radius 3 is 1.41 bits per heavy atom. The van der Waals surface area contributed by atoms with Crippen molar-refractivity contribution in [2.24, 2.45) is 5.73 Å². The van der Waals surface area contributed by atoms with Crippen molar-refractivity contribution < 1.29 is 87.5 Å². The van der Waals surface area contributed by atoms with Gasteiger partial charge in [0.1, 0.15) is 5.78 Å². The van der Waals surface area contributed by atoms with Crippen molar-refractivity contribution in [3.8, 4) is 0 Å². The fourth-order valence-corrected chi connectivity index (χ4v) is 2.86. The van der Waals surface area contributed by atoms with Crippen LogP contribution in [0.1, 0.15) is 35.6 Å². The van der Waals surface area contributed by atoms with Gasteiger partial charge in [-0.05, 0) is 56.9 Å². The van der Waals surface area contributed by atoms with E-state index in [2.05, 4.69) is 49.8 Å². The first kappa shape index (κ1) is 35.6. The standard InChI is InChI=1S/C16H16N2.C5H5F3O2.C4H11NO3.Eu/c1-9-7-17-15-13(11(9)3)5-6-14-12(4)10(2)8-18-16(14)15;1-3(9)2-4(10)5(6,7)8;5-4(1-6,2-7)3-8;/h5-8H,1-4H3;2H2,1H3;6-8H,1-3,5H2;. The van der Waals surface area contributed by atoms with Crippen LogP contribution in [0, 0.1) is 77.1 Å². The van der Waals surface area contributed by atoms with Crippen LogP contribution in [0.4, 0.5) is 13.2 Å². The summed E-state index contributed by atoms with van der Waals surface area (Å²) in [6.45, 7) is 8.21. The van der Waals surface area contributed by atoms with Crippen LogP contribution >= 0.6 is 0 Å². The molecule has 1 aromatic carbocycles. The van der Waals surface area contributed by atoms with Crippen molar-refractivity contribution in [1.82, 2.24) is 9.97 Å². The minimum absolute atomic E-state index is 0. The molecule has 205 valence electrons. The Labute approximate surface area is 254 Å². The molecule has 2 aromatic heterocycles. The number of carbonyl (C=O) groups is 2. The summed E-state index contributed by atoms with van der Waals surface area (Å²) in [4.78, 5) is 29.1. The number of aliphatic hydroxyl groups excluding tert-OH is 3. The third-order valence-corrected chi connectivity index (χ3v) is 5.59. The third kappa shape index (κ3) is 10.0. The van der Waals surface area contributed by atoms with Crippen LogP contribution in [0.3, 0.4) is 0 Å². The Balaban J connectivity index is 0.000000586. The zero-order valence-electron chi connectivity index (χ0n) is 21.3. The molecule has 12 heteroatoms. The molecule has 8 nitrogen and oxygen atoms in total. The van der Waals surface area contributed by atoms with Crippen molar-refractivity contribution in [3.05, 3.63) is 46.8 Å². The molecule has 0 saturated carbocycles. The number of nitrogens with two attached hydrogens (primary N) is 1. The fraction of sp³-hybridized carbons (Fsp3) is 0.440. The van der Waals surface area contributed by atoms with E-state index in [0.717, 1.165) is 18.0 Å². The Kier molecular flexibility index (Phi) is 14.7.